The highest BCUT2D eigenvalue weighted by molar-refractivity contribution is 7.98. The van der Waals surface area contributed by atoms with Crippen LogP contribution in [0.5, 0.6) is 0 Å². The second-order valence-electron chi connectivity index (χ2n) is 5.85. The minimum atomic E-state index is -3.77. The number of hydrogen-bond donors (Lipinski definition) is 2. The minimum Gasteiger partial charge on any atom is -0.468 e. The molecule has 3 rings (SSSR count). The Morgan fingerprint density at radius 2 is 1.71 bits per heavy atom. The Bertz CT molecular complexity index is 1000. The summed E-state index contributed by atoms with van der Waals surface area (Å²) in [5, 5.41) is 2.82. The van der Waals surface area contributed by atoms with Crippen LogP contribution in [0, 0.1) is 0 Å². The lowest BCUT2D eigenvalue weighted by Crippen LogP contribution is -2.27. The summed E-state index contributed by atoms with van der Waals surface area (Å²) in [6, 6.07) is 18.3. The Kier molecular flexibility index (Phi) is 6.78. The average molecular weight is 417 g/mol. The van der Waals surface area contributed by atoms with Crippen LogP contribution in [0.2, 0.25) is 0 Å². The van der Waals surface area contributed by atoms with E-state index in [2.05, 4.69) is 10.0 Å². The lowest BCUT2D eigenvalue weighted by Gasteiger charge is -2.12. The molecule has 0 saturated carbocycles. The Morgan fingerprint density at radius 3 is 2.46 bits per heavy atom. The largest absolute Gasteiger partial charge is 0.468 e. The number of anilines is 1. The number of benzene rings is 2. The molecule has 8 heteroatoms. The van der Waals surface area contributed by atoms with Crippen LogP contribution >= 0.6 is 11.8 Å². The maximum absolute atomic E-state index is 12.5. The van der Waals surface area contributed by atoms with E-state index >= 15 is 0 Å². The van der Waals surface area contributed by atoms with Crippen LogP contribution in [0.3, 0.4) is 0 Å². The molecular formula is C20H20N2O4S2. The van der Waals surface area contributed by atoms with Crippen molar-refractivity contribution in [1.82, 2.24) is 5.32 Å². The van der Waals surface area contributed by atoms with Crippen LogP contribution in [-0.4, -0.2) is 26.6 Å². The van der Waals surface area contributed by atoms with Crippen molar-refractivity contribution in [3.63, 3.8) is 0 Å². The van der Waals surface area contributed by atoms with Crippen molar-refractivity contribution in [2.75, 3.05) is 17.0 Å². The molecule has 1 amide bonds. The fourth-order valence-corrected chi connectivity index (χ4v) is 4.33. The molecule has 2 N–H and O–H groups in total. The summed E-state index contributed by atoms with van der Waals surface area (Å²) >= 11 is 1.64. The second kappa shape index (κ2) is 9.48. The molecule has 0 bridgehead atoms. The molecule has 0 atom stereocenters. The third kappa shape index (κ3) is 5.40. The molecule has 146 valence electrons. The van der Waals surface area contributed by atoms with E-state index in [-0.39, 0.29) is 22.1 Å². The topological polar surface area (TPSA) is 88.4 Å². The quantitative estimate of drug-likeness (QED) is 0.519. The first-order chi connectivity index (χ1) is 13.6. The monoisotopic (exact) mass is 416 g/mol. The maximum Gasteiger partial charge on any atom is 0.261 e. The number of furan rings is 1. The summed E-state index contributed by atoms with van der Waals surface area (Å²) in [6.45, 7) is 0.462. The van der Waals surface area contributed by atoms with Crippen LogP contribution in [0.1, 0.15) is 16.1 Å². The Balaban J connectivity index is 1.59. The number of hydrogen-bond acceptors (Lipinski definition) is 5. The maximum atomic E-state index is 12.5. The van der Waals surface area contributed by atoms with Crippen LogP contribution < -0.4 is 10.0 Å². The lowest BCUT2D eigenvalue weighted by molar-refractivity contribution is 0.0957. The van der Waals surface area contributed by atoms with E-state index in [9.17, 15) is 13.2 Å². The van der Waals surface area contributed by atoms with Crippen molar-refractivity contribution < 1.29 is 17.6 Å². The van der Waals surface area contributed by atoms with E-state index in [1.54, 1.807) is 60.5 Å². The lowest BCUT2D eigenvalue weighted by atomic mass is 10.2. The summed E-state index contributed by atoms with van der Waals surface area (Å²) in [7, 11) is -3.77. The molecule has 6 nitrogen and oxygen atoms in total. The van der Waals surface area contributed by atoms with Gasteiger partial charge >= 0.3 is 0 Å². The van der Waals surface area contributed by atoms with Gasteiger partial charge in [-0.05, 0) is 36.4 Å². The third-order valence-corrected chi connectivity index (χ3v) is 6.19. The number of thioether (sulfide) groups is 1. The van der Waals surface area contributed by atoms with Crippen molar-refractivity contribution >= 4 is 33.4 Å². The first-order valence-electron chi connectivity index (χ1n) is 8.61. The summed E-state index contributed by atoms with van der Waals surface area (Å²) in [6.07, 6.45) is 1.63. The summed E-state index contributed by atoms with van der Waals surface area (Å²) < 4.78 is 32.8. The first kappa shape index (κ1) is 20.0. The average Bonchev–Trinajstić information content (AvgIpc) is 3.22. The van der Waals surface area contributed by atoms with Crippen LogP contribution in [0.25, 0.3) is 0 Å². The predicted octanol–water partition coefficient (Wildman–Crippen LogP) is 3.74. The van der Waals surface area contributed by atoms with Crippen molar-refractivity contribution in [2.24, 2.45) is 0 Å². The van der Waals surface area contributed by atoms with Gasteiger partial charge in [0.2, 0.25) is 0 Å². The Labute approximate surface area is 168 Å². The van der Waals surface area contributed by atoms with E-state index in [0.29, 0.717) is 12.3 Å². The fourth-order valence-electron chi connectivity index (χ4n) is 2.47. The van der Waals surface area contributed by atoms with Gasteiger partial charge in [-0.2, -0.15) is 11.8 Å². The van der Waals surface area contributed by atoms with Crippen LogP contribution in [-0.2, 0) is 15.8 Å². The molecule has 0 aliphatic heterocycles. The normalized spacial score (nSPS) is 11.1. The molecule has 1 heterocycles. The molecule has 0 aliphatic carbocycles. The second-order valence-corrected chi connectivity index (χ2v) is 8.64. The van der Waals surface area contributed by atoms with Gasteiger partial charge < -0.3 is 9.73 Å². The van der Waals surface area contributed by atoms with Gasteiger partial charge in [-0.25, -0.2) is 8.42 Å². The summed E-state index contributed by atoms with van der Waals surface area (Å²) in [4.78, 5) is 12.6. The number of sulfonamides is 1. The van der Waals surface area contributed by atoms with Gasteiger partial charge in [0, 0.05) is 12.3 Å². The standard InChI is InChI=1S/C20H20N2O4S2/c23-20(21-12-14-27-15-16-7-6-13-26-16)18-10-4-5-11-19(18)22-28(24,25)17-8-2-1-3-9-17/h1-11,13,22H,12,14-15H2,(H,21,23). The zero-order valence-corrected chi connectivity index (χ0v) is 16.6. The highest BCUT2D eigenvalue weighted by atomic mass is 32.2. The highest BCUT2D eigenvalue weighted by Crippen LogP contribution is 2.20. The summed E-state index contributed by atoms with van der Waals surface area (Å²) in [5.41, 5.74) is 0.519. The first-order valence-corrected chi connectivity index (χ1v) is 11.3. The van der Waals surface area contributed by atoms with Crippen molar-refractivity contribution in [1.29, 1.82) is 0 Å². The van der Waals surface area contributed by atoms with Crippen molar-refractivity contribution in [3.8, 4) is 0 Å². The molecule has 0 fully saturated rings. The van der Waals surface area contributed by atoms with E-state index in [0.717, 1.165) is 11.5 Å². The Hall–Kier alpha value is -2.71. The van der Waals surface area contributed by atoms with Crippen molar-refractivity contribution in [3.05, 3.63) is 84.3 Å². The van der Waals surface area contributed by atoms with Gasteiger partial charge in [0.05, 0.1) is 28.2 Å². The third-order valence-electron chi connectivity index (χ3n) is 3.83. The molecule has 2 aromatic carbocycles. The SMILES string of the molecule is O=C(NCCSCc1ccco1)c1ccccc1NS(=O)(=O)c1ccccc1. The zero-order chi connectivity index (χ0) is 19.8. The molecule has 0 saturated heterocycles. The number of carbonyl (C=O) groups excluding carboxylic acids is 1. The Morgan fingerprint density at radius 1 is 0.964 bits per heavy atom. The van der Waals surface area contributed by atoms with Gasteiger partial charge in [-0.3, -0.25) is 9.52 Å². The van der Waals surface area contributed by atoms with Gasteiger partial charge in [-0.15, -0.1) is 0 Å². The molecule has 0 spiro atoms. The van der Waals surface area contributed by atoms with E-state index in [1.165, 1.54) is 12.1 Å². The van der Waals surface area contributed by atoms with E-state index in [1.807, 2.05) is 12.1 Å². The molecule has 0 radical (unpaired) electrons. The van der Waals surface area contributed by atoms with E-state index < -0.39 is 10.0 Å². The minimum absolute atomic E-state index is 0.138. The smallest absolute Gasteiger partial charge is 0.261 e. The van der Waals surface area contributed by atoms with Crippen molar-refractivity contribution in [2.45, 2.75) is 10.6 Å². The number of amides is 1. The number of carbonyl (C=O) groups is 1. The van der Waals surface area contributed by atoms with Crippen LogP contribution in [0.15, 0.2) is 82.3 Å². The molecular weight excluding hydrogens is 396 g/mol. The number of para-hydroxylation sites is 1. The zero-order valence-electron chi connectivity index (χ0n) is 15.0. The number of nitrogens with one attached hydrogen (secondary N) is 2. The predicted molar refractivity (Wildman–Crippen MR) is 111 cm³/mol. The summed E-state index contributed by atoms with van der Waals surface area (Å²) in [5.74, 6) is 2.00. The van der Waals surface area contributed by atoms with Gasteiger partial charge in [0.1, 0.15) is 5.76 Å². The number of rotatable bonds is 9. The molecule has 0 aliphatic rings. The molecule has 3 aromatic rings. The fraction of sp³-hybridized carbons (Fsp3) is 0.150. The highest BCUT2D eigenvalue weighted by Gasteiger charge is 2.18. The molecule has 28 heavy (non-hydrogen) atoms. The molecule has 1 aromatic heterocycles. The van der Waals surface area contributed by atoms with Gasteiger partial charge in [0.15, 0.2) is 0 Å². The van der Waals surface area contributed by atoms with E-state index in [4.69, 9.17) is 4.42 Å². The molecule has 0 unspecified atom stereocenters. The van der Waals surface area contributed by atoms with Gasteiger partial charge in [-0.1, -0.05) is 30.3 Å². The van der Waals surface area contributed by atoms with Gasteiger partial charge in [0.25, 0.3) is 15.9 Å². The van der Waals surface area contributed by atoms with Crippen LogP contribution in [0.4, 0.5) is 5.69 Å².